The van der Waals surface area contributed by atoms with E-state index in [1.807, 2.05) is 0 Å². The van der Waals surface area contributed by atoms with E-state index in [9.17, 15) is 4.79 Å². The van der Waals surface area contributed by atoms with Crippen LogP contribution in [0.3, 0.4) is 0 Å². The minimum Gasteiger partial charge on any atom is -0.481 e. The summed E-state index contributed by atoms with van der Waals surface area (Å²) in [6, 6.07) is 0. The number of carboxylic acid groups (broad SMARTS) is 1. The van der Waals surface area contributed by atoms with Crippen molar-refractivity contribution >= 4 is 17.3 Å². The van der Waals surface area contributed by atoms with Crippen LogP contribution in [0.25, 0.3) is 0 Å². The largest absolute Gasteiger partial charge is 0.481 e. The molecular formula is C8H10N2O3S. The maximum Gasteiger partial charge on any atom is 0.310 e. The molecule has 0 saturated carbocycles. The van der Waals surface area contributed by atoms with Gasteiger partial charge in [0.15, 0.2) is 0 Å². The van der Waals surface area contributed by atoms with Gasteiger partial charge in [0, 0.05) is 6.61 Å². The van der Waals surface area contributed by atoms with Crippen LogP contribution in [-0.4, -0.2) is 27.9 Å². The summed E-state index contributed by atoms with van der Waals surface area (Å²) in [5, 5.41) is 17.6. The lowest BCUT2D eigenvalue weighted by molar-refractivity contribution is -0.136. The smallest absolute Gasteiger partial charge is 0.310 e. The van der Waals surface area contributed by atoms with Gasteiger partial charge < -0.3 is 9.84 Å². The summed E-state index contributed by atoms with van der Waals surface area (Å²) in [5.74, 6) is -0.875. The second-order valence-corrected chi connectivity index (χ2v) is 4.20. The van der Waals surface area contributed by atoms with E-state index in [0.717, 1.165) is 24.5 Å². The molecule has 0 aromatic carbocycles. The van der Waals surface area contributed by atoms with E-state index in [4.69, 9.17) is 9.84 Å². The van der Waals surface area contributed by atoms with Gasteiger partial charge in [-0.2, -0.15) is 0 Å². The molecule has 2 rings (SSSR count). The molecule has 76 valence electrons. The zero-order chi connectivity index (χ0) is 9.97. The number of nitrogens with zero attached hydrogens (tertiary/aromatic N) is 2. The highest BCUT2D eigenvalue weighted by Gasteiger charge is 2.22. The zero-order valence-corrected chi connectivity index (χ0v) is 8.29. The quantitative estimate of drug-likeness (QED) is 0.813. The summed E-state index contributed by atoms with van der Waals surface area (Å²) in [7, 11) is 0. The van der Waals surface area contributed by atoms with Crippen LogP contribution in [0.4, 0.5) is 0 Å². The van der Waals surface area contributed by atoms with Crippen molar-refractivity contribution < 1.29 is 14.6 Å². The maximum absolute atomic E-state index is 10.4. The number of carboxylic acids is 1. The Hall–Kier alpha value is -1.01. The summed E-state index contributed by atoms with van der Waals surface area (Å²) in [6.45, 7) is 0.762. The van der Waals surface area contributed by atoms with Gasteiger partial charge in [-0.25, -0.2) is 0 Å². The van der Waals surface area contributed by atoms with Crippen molar-refractivity contribution in [1.29, 1.82) is 0 Å². The molecule has 1 N–H and O–H groups in total. The van der Waals surface area contributed by atoms with Gasteiger partial charge in [-0.05, 0) is 12.8 Å². The van der Waals surface area contributed by atoms with Crippen LogP contribution in [0.2, 0.25) is 0 Å². The fourth-order valence-corrected chi connectivity index (χ4v) is 2.29. The highest BCUT2D eigenvalue weighted by Crippen LogP contribution is 2.30. The molecule has 1 aromatic rings. The second kappa shape index (κ2) is 4.02. The number of ether oxygens (including phenoxy) is 1. The van der Waals surface area contributed by atoms with Crippen molar-refractivity contribution in [2.45, 2.75) is 25.4 Å². The number of rotatable bonds is 3. The Balaban J connectivity index is 2.05. The fraction of sp³-hybridized carbons (Fsp3) is 0.625. The third kappa shape index (κ3) is 2.08. The molecular weight excluding hydrogens is 204 g/mol. The van der Waals surface area contributed by atoms with Crippen LogP contribution in [-0.2, 0) is 16.0 Å². The molecule has 0 aliphatic carbocycles. The third-order valence-electron chi connectivity index (χ3n) is 1.99. The summed E-state index contributed by atoms with van der Waals surface area (Å²) >= 11 is 1.33. The molecule has 1 unspecified atom stereocenters. The van der Waals surface area contributed by atoms with Gasteiger partial charge >= 0.3 is 5.97 Å². The van der Waals surface area contributed by atoms with Crippen LogP contribution in [0.1, 0.15) is 29.0 Å². The predicted octanol–water partition coefficient (Wildman–Crippen LogP) is 1.02. The molecule has 6 heteroatoms. The van der Waals surface area contributed by atoms with Gasteiger partial charge in [-0.15, -0.1) is 10.2 Å². The van der Waals surface area contributed by atoms with E-state index in [-0.39, 0.29) is 12.5 Å². The van der Waals surface area contributed by atoms with Crippen LogP contribution < -0.4 is 0 Å². The van der Waals surface area contributed by atoms with Crippen LogP contribution in [0.15, 0.2) is 0 Å². The van der Waals surface area contributed by atoms with Gasteiger partial charge in [0.25, 0.3) is 0 Å². The van der Waals surface area contributed by atoms with Gasteiger partial charge in [0.2, 0.25) is 0 Å². The Bertz CT molecular complexity index is 333. The monoisotopic (exact) mass is 214 g/mol. The standard InChI is InChI=1S/C8H10N2O3S/c11-7(12)4-6-9-10-8(14-6)5-2-1-3-13-5/h5H,1-4H2,(H,11,12). The molecule has 0 amide bonds. The predicted molar refractivity (Wildman–Crippen MR) is 49.2 cm³/mol. The van der Waals surface area contributed by atoms with Crippen molar-refractivity contribution in [1.82, 2.24) is 10.2 Å². The number of hydrogen-bond acceptors (Lipinski definition) is 5. The summed E-state index contributed by atoms with van der Waals surface area (Å²) in [5.41, 5.74) is 0. The molecule has 5 nitrogen and oxygen atoms in total. The molecule has 1 fully saturated rings. The molecule has 1 aromatic heterocycles. The first-order valence-electron chi connectivity index (χ1n) is 4.41. The molecule has 1 atom stereocenters. The Morgan fingerprint density at radius 3 is 3.14 bits per heavy atom. The summed E-state index contributed by atoms with van der Waals surface area (Å²) < 4.78 is 5.42. The van der Waals surface area contributed by atoms with E-state index >= 15 is 0 Å². The van der Waals surface area contributed by atoms with Crippen molar-refractivity contribution in [2.24, 2.45) is 0 Å². The summed E-state index contributed by atoms with van der Waals surface area (Å²) in [4.78, 5) is 10.4. The maximum atomic E-state index is 10.4. The van der Waals surface area contributed by atoms with E-state index in [1.54, 1.807) is 0 Å². The Morgan fingerprint density at radius 1 is 1.64 bits per heavy atom. The van der Waals surface area contributed by atoms with Crippen molar-refractivity contribution in [3.8, 4) is 0 Å². The van der Waals surface area contributed by atoms with Gasteiger partial charge in [0.05, 0.1) is 6.42 Å². The van der Waals surface area contributed by atoms with Gasteiger partial charge in [-0.1, -0.05) is 11.3 Å². The first-order chi connectivity index (χ1) is 6.75. The summed E-state index contributed by atoms with van der Waals surface area (Å²) in [6.07, 6.45) is 1.99. The zero-order valence-electron chi connectivity index (χ0n) is 7.47. The number of hydrogen-bond donors (Lipinski definition) is 1. The minimum atomic E-state index is -0.875. The Kier molecular flexibility index (Phi) is 2.74. The topological polar surface area (TPSA) is 72.3 Å². The first kappa shape index (κ1) is 9.54. The van der Waals surface area contributed by atoms with E-state index in [2.05, 4.69) is 10.2 Å². The average Bonchev–Trinajstić information content (AvgIpc) is 2.69. The normalized spacial score (nSPS) is 21.3. The lowest BCUT2D eigenvalue weighted by Gasteiger charge is -2.01. The van der Waals surface area contributed by atoms with Crippen LogP contribution >= 0.6 is 11.3 Å². The minimum absolute atomic E-state index is 0.0371. The number of carbonyl (C=O) groups is 1. The van der Waals surface area contributed by atoms with Crippen molar-refractivity contribution in [3.05, 3.63) is 10.0 Å². The molecule has 0 bridgehead atoms. The highest BCUT2D eigenvalue weighted by molar-refractivity contribution is 7.11. The van der Waals surface area contributed by atoms with E-state index < -0.39 is 5.97 Å². The van der Waals surface area contributed by atoms with Gasteiger partial charge in [-0.3, -0.25) is 4.79 Å². The van der Waals surface area contributed by atoms with Crippen molar-refractivity contribution in [3.63, 3.8) is 0 Å². The van der Waals surface area contributed by atoms with Gasteiger partial charge in [0.1, 0.15) is 16.1 Å². The average molecular weight is 214 g/mol. The Morgan fingerprint density at radius 2 is 2.50 bits per heavy atom. The van der Waals surface area contributed by atoms with E-state index in [0.29, 0.717) is 5.01 Å². The molecule has 14 heavy (non-hydrogen) atoms. The molecule has 1 aliphatic heterocycles. The highest BCUT2D eigenvalue weighted by atomic mass is 32.1. The molecule has 2 heterocycles. The lowest BCUT2D eigenvalue weighted by Crippen LogP contribution is -1.98. The SMILES string of the molecule is O=C(O)Cc1nnc(C2CCCO2)s1. The molecule has 1 saturated heterocycles. The number of aliphatic carboxylic acids is 1. The van der Waals surface area contributed by atoms with Crippen molar-refractivity contribution in [2.75, 3.05) is 6.61 Å². The third-order valence-corrected chi connectivity index (χ3v) is 3.01. The van der Waals surface area contributed by atoms with E-state index in [1.165, 1.54) is 11.3 Å². The first-order valence-corrected chi connectivity index (χ1v) is 5.23. The Labute approximate surface area is 84.7 Å². The molecule has 1 aliphatic rings. The van der Waals surface area contributed by atoms with Crippen LogP contribution in [0, 0.1) is 0 Å². The van der Waals surface area contributed by atoms with Crippen LogP contribution in [0.5, 0.6) is 0 Å². The second-order valence-electron chi connectivity index (χ2n) is 3.11. The fourth-order valence-electron chi connectivity index (χ4n) is 1.37. The number of aromatic nitrogens is 2. The molecule has 0 radical (unpaired) electrons. The molecule has 0 spiro atoms. The lowest BCUT2D eigenvalue weighted by atomic mass is 10.2.